The first-order valence-electron chi connectivity index (χ1n) is 11.1. The molecule has 0 bridgehead atoms. The topological polar surface area (TPSA) is 95.3 Å². The van der Waals surface area contributed by atoms with E-state index in [1.807, 2.05) is 35.7 Å². The Morgan fingerprint density at radius 3 is 2.62 bits per heavy atom. The molecule has 11 heteroatoms. The Labute approximate surface area is 221 Å². The molecule has 1 N–H and O–H groups in total. The summed E-state index contributed by atoms with van der Waals surface area (Å²) in [7, 11) is 1.31. The predicted molar refractivity (Wildman–Crippen MR) is 141 cm³/mol. The van der Waals surface area contributed by atoms with Crippen LogP contribution in [-0.2, 0) is 22.7 Å². The summed E-state index contributed by atoms with van der Waals surface area (Å²) in [6, 6.07) is 15.1. The van der Waals surface area contributed by atoms with Crippen molar-refractivity contribution in [3.8, 4) is 16.9 Å². The van der Waals surface area contributed by atoms with Gasteiger partial charge in [0.15, 0.2) is 11.0 Å². The second kappa shape index (κ2) is 12.3. The summed E-state index contributed by atoms with van der Waals surface area (Å²) in [4.78, 5) is 25.3. The summed E-state index contributed by atoms with van der Waals surface area (Å²) in [5, 5.41) is 13.9. The first-order chi connectivity index (χ1) is 18.0. The molecule has 4 aromatic rings. The number of methoxy groups -OCH3 is 1. The molecule has 1 amide bonds. The van der Waals surface area contributed by atoms with Crippen molar-refractivity contribution in [1.82, 2.24) is 14.8 Å². The number of nitrogens with one attached hydrogen (secondary N) is 1. The minimum atomic E-state index is -0.528. The van der Waals surface area contributed by atoms with Crippen molar-refractivity contribution in [3.05, 3.63) is 89.8 Å². The summed E-state index contributed by atoms with van der Waals surface area (Å²) in [6.07, 6.45) is 1.69. The standard InChI is InChI=1S/C26H23FN4O4S2/c1-3-13-31-21(14-35-19-11-9-18(27)10-12-19)29-30-26(31)37-16-22(32)28-24-23(25(33)34-2)20(15-36-24)17-7-5-4-6-8-17/h3-12,15H,1,13-14,16H2,2H3,(H,28,32). The number of amides is 1. The first-order valence-corrected chi connectivity index (χ1v) is 13.0. The fraction of sp³-hybridized carbons (Fsp3) is 0.154. The maximum absolute atomic E-state index is 13.1. The number of nitrogens with zero attached hydrogens (tertiary/aromatic N) is 3. The first kappa shape index (κ1) is 26.1. The molecule has 0 aliphatic rings. The maximum atomic E-state index is 13.1. The van der Waals surface area contributed by atoms with Gasteiger partial charge in [-0.05, 0) is 29.8 Å². The van der Waals surface area contributed by atoms with Crippen molar-refractivity contribution >= 4 is 40.0 Å². The molecule has 0 radical (unpaired) electrons. The number of benzene rings is 2. The van der Waals surface area contributed by atoms with Crippen molar-refractivity contribution in [2.24, 2.45) is 0 Å². The van der Waals surface area contributed by atoms with Crippen LogP contribution < -0.4 is 10.1 Å². The summed E-state index contributed by atoms with van der Waals surface area (Å²) in [6.45, 7) is 4.29. The van der Waals surface area contributed by atoms with Crippen LogP contribution in [0.5, 0.6) is 5.75 Å². The van der Waals surface area contributed by atoms with Gasteiger partial charge in [-0.25, -0.2) is 9.18 Å². The van der Waals surface area contributed by atoms with Crippen molar-refractivity contribution in [3.63, 3.8) is 0 Å². The largest absolute Gasteiger partial charge is 0.486 e. The van der Waals surface area contributed by atoms with Crippen LogP contribution >= 0.6 is 23.1 Å². The number of hydrogen-bond donors (Lipinski definition) is 1. The number of thiophene rings is 1. The second-order valence-electron chi connectivity index (χ2n) is 7.59. The monoisotopic (exact) mass is 538 g/mol. The van der Waals surface area contributed by atoms with Crippen molar-refractivity contribution in [1.29, 1.82) is 0 Å². The summed E-state index contributed by atoms with van der Waals surface area (Å²) in [5.41, 5.74) is 1.85. The molecule has 2 aromatic heterocycles. The smallest absolute Gasteiger partial charge is 0.341 e. The highest BCUT2D eigenvalue weighted by molar-refractivity contribution is 7.99. The molecule has 0 fully saturated rings. The Balaban J connectivity index is 1.43. The van der Waals surface area contributed by atoms with E-state index < -0.39 is 5.97 Å². The zero-order valence-corrected chi connectivity index (χ0v) is 21.5. The zero-order chi connectivity index (χ0) is 26.2. The van der Waals surface area contributed by atoms with E-state index >= 15 is 0 Å². The van der Waals surface area contributed by atoms with Gasteiger partial charge in [0.25, 0.3) is 0 Å². The van der Waals surface area contributed by atoms with Crippen LogP contribution in [0.3, 0.4) is 0 Å². The Kier molecular flexibility index (Phi) is 8.70. The molecular formula is C26H23FN4O4S2. The third-order valence-corrected chi connectivity index (χ3v) is 7.00. The van der Waals surface area contributed by atoms with Gasteiger partial charge >= 0.3 is 5.97 Å². The molecule has 2 aromatic carbocycles. The molecular weight excluding hydrogens is 515 g/mol. The van der Waals surface area contributed by atoms with Crippen LogP contribution in [0, 0.1) is 5.82 Å². The van der Waals surface area contributed by atoms with Gasteiger partial charge in [-0.15, -0.1) is 28.1 Å². The lowest BCUT2D eigenvalue weighted by molar-refractivity contribution is -0.113. The predicted octanol–water partition coefficient (Wildman–Crippen LogP) is 5.43. The lowest BCUT2D eigenvalue weighted by atomic mass is 10.0. The van der Waals surface area contributed by atoms with Crippen molar-refractivity contribution < 1.29 is 23.5 Å². The molecule has 8 nitrogen and oxygen atoms in total. The number of hydrogen-bond acceptors (Lipinski definition) is 8. The van der Waals surface area contributed by atoms with Crippen LogP contribution in [0.1, 0.15) is 16.2 Å². The Hall–Kier alpha value is -3.96. The van der Waals surface area contributed by atoms with Gasteiger partial charge in [0, 0.05) is 17.5 Å². The van der Waals surface area contributed by atoms with Gasteiger partial charge in [0.05, 0.1) is 12.9 Å². The van der Waals surface area contributed by atoms with Crippen LogP contribution in [0.25, 0.3) is 11.1 Å². The number of rotatable bonds is 11. The van der Waals surface area contributed by atoms with Crippen LogP contribution in [-0.4, -0.2) is 39.5 Å². The Bertz CT molecular complexity index is 1390. The number of allylic oxidation sites excluding steroid dienone is 1. The van der Waals surface area contributed by atoms with Crippen LogP contribution in [0.4, 0.5) is 9.39 Å². The third kappa shape index (κ3) is 6.43. The third-order valence-electron chi connectivity index (χ3n) is 5.14. The minimum Gasteiger partial charge on any atom is -0.486 e. The summed E-state index contributed by atoms with van der Waals surface area (Å²) < 4.78 is 25.5. The van der Waals surface area contributed by atoms with E-state index in [2.05, 4.69) is 22.1 Å². The van der Waals surface area contributed by atoms with E-state index in [4.69, 9.17) is 9.47 Å². The van der Waals surface area contributed by atoms with Gasteiger partial charge in [0.2, 0.25) is 5.91 Å². The van der Waals surface area contributed by atoms with Crippen molar-refractivity contribution in [2.45, 2.75) is 18.3 Å². The lowest BCUT2D eigenvalue weighted by Crippen LogP contribution is -2.16. The van der Waals surface area contributed by atoms with E-state index in [1.54, 1.807) is 10.6 Å². The van der Waals surface area contributed by atoms with Gasteiger partial charge in [-0.1, -0.05) is 48.2 Å². The van der Waals surface area contributed by atoms with Crippen LogP contribution in [0.15, 0.2) is 77.8 Å². The van der Waals surface area contributed by atoms with E-state index in [-0.39, 0.29) is 24.1 Å². The summed E-state index contributed by atoms with van der Waals surface area (Å²) in [5.74, 6) is -0.126. The van der Waals surface area contributed by atoms with E-state index in [9.17, 15) is 14.0 Å². The fourth-order valence-electron chi connectivity index (χ4n) is 3.40. The maximum Gasteiger partial charge on any atom is 0.341 e. The average molecular weight is 539 g/mol. The fourth-order valence-corrected chi connectivity index (χ4v) is 5.14. The molecule has 37 heavy (non-hydrogen) atoms. The Morgan fingerprint density at radius 1 is 1.16 bits per heavy atom. The van der Waals surface area contributed by atoms with Gasteiger partial charge < -0.3 is 14.8 Å². The van der Waals surface area contributed by atoms with E-state index in [0.717, 1.165) is 5.56 Å². The van der Waals surface area contributed by atoms with E-state index in [0.29, 0.717) is 39.4 Å². The van der Waals surface area contributed by atoms with E-state index in [1.165, 1.54) is 54.5 Å². The molecule has 2 heterocycles. The minimum absolute atomic E-state index is 0.0350. The summed E-state index contributed by atoms with van der Waals surface area (Å²) >= 11 is 2.45. The lowest BCUT2D eigenvalue weighted by Gasteiger charge is -2.10. The zero-order valence-electron chi connectivity index (χ0n) is 19.8. The Morgan fingerprint density at radius 2 is 1.92 bits per heavy atom. The molecule has 0 unspecified atom stereocenters. The molecule has 0 saturated heterocycles. The number of thioether (sulfide) groups is 1. The van der Waals surface area contributed by atoms with Gasteiger partial charge in [-0.2, -0.15) is 0 Å². The highest BCUT2D eigenvalue weighted by Gasteiger charge is 2.23. The number of carbonyl (C=O) groups is 2. The number of carbonyl (C=O) groups excluding carboxylic acids is 2. The molecule has 4 rings (SSSR count). The number of ether oxygens (including phenoxy) is 2. The van der Waals surface area contributed by atoms with Gasteiger partial charge in [0.1, 0.15) is 28.7 Å². The SMILES string of the molecule is C=CCn1c(COc2ccc(F)cc2)nnc1SCC(=O)Nc1scc(-c2ccccc2)c1C(=O)OC. The number of esters is 1. The van der Waals surface area contributed by atoms with Gasteiger partial charge in [-0.3, -0.25) is 9.36 Å². The number of halogens is 1. The molecule has 0 aliphatic carbocycles. The normalized spacial score (nSPS) is 10.6. The molecule has 0 saturated carbocycles. The molecule has 190 valence electrons. The second-order valence-corrected chi connectivity index (χ2v) is 9.41. The van der Waals surface area contributed by atoms with Crippen LogP contribution in [0.2, 0.25) is 0 Å². The molecule has 0 aliphatic heterocycles. The molecule has 0 atom stereocenters. The quantitative estimate of drug-likeness (QED) is 0.155. The average Bonchev–Trinajstić information content (AvgIpc) is 3.51. The number of anilines is 1. The highest BCUT2D eigenvalue weighted by atomic mass is 32.2. The number of aromatic nitrogens is 3. The van der Waals surface area contributed by atoms with Crippen molar-refractivity contribution in [2.75, 3.05) is 18.2 Å². The molecule has 0 spiro atoms. The highest BCUT2D eigenvalue weighted by Crippen LogP contribution is 2.36.